The number of β-amino-alcohol motifs (C(OH)–C–C–N with tert-alkyl or cyclic N) is 1. The van der Waals surface area contributed by atoms with Gasteiger partial charge in [0, 0.05) is 26.3 Å². The molecule has 16 heavy (non-hydrogen) atoms. The smallest absolute Gasteiger partial charge is 0.256 e. The molecule has 0 radical (unpaired) electrons. The van der Waals surface area contributed by atoms with Crippen molar-refractivity contribution in [1.29, 1.82) is 0 Å². The second-order valence-corrected chi connectivity index (χ2v) is 3.86. The Balaban J connectivity index is 2.20. The third-order valence-electron chi connectivity index (χ3n) is 2.77. The maximum absolute atomic E-state index is 12.1. The van der Waals surface area contributed by atoms with E-state index in [2.05, 4.69) is 10.3 Å². The zero-order valence-electron chi connectivity index (χ0n) is 9.18. The Morgan fingerprint density at radius 1 is 1.69 bits per heavy atom. The highest BCUT2D eigenvalue weighted by Crippen LogP contribution is 2.18. The molecule has 86 valence electrons. The zero-order chi connectivity index (χ0) is 11.5. The van der Waals surface area contributed by atoms with E-state index < -0.39 is 0 Å². The fourth-order valence-electron chi connectivity index (χ4n) is 1.88. The maximum atomic E-state index is 12.1. The van der Waals surface area contributed by atoms with Gasteiger partial charge in [-0.1, -0.05) is 0 Å². The van der Waals surface area contributed by atoms with Crippen LogP contribution in [0.2, 0.25) is 0 Å². The van der Waals surface area contributed by atoms with Crippen LogP contribution in [0.4, 0.5) is 5.69 Å². The molecule has 0 aliphatic carbocycles. The fraction of sp³-hybridized carbons (Fsp3) is 0.455. The molecule has 1 saturated heterocycles. The Kier molecular flexibility index (Phi) is 3.05. The van der Waals surface area contributed by atoms with Crippen LogP contribution in [0.1, 0.15) is 16.8 Å². The average molecular weight is 221 g/mol. The Labute approximate surface area is 94.1 Å². The summed E-state index contributed by atoms with van der Waals surface area (Å²) < 4.78 is 0. The van der Waals surface area contributed by atoms with Crippen LogP contribution in [-0.4, -0.2) is 47.1 Å². The Hall–Kier alpha value is -1.62. The van der Waals surface area contributed by atoms with Gasteiger partial charge in [-0.05, 0) is 12.5 Å². The van der Waals surface area contributed by atoms with Gasteiger partial charge in [0.15, 0.2) is 0 Å². The van der Waals surface area contributed by atoms with Crippen LogP contribution in [0.15, 0.2) is 18.5 Å². The molecule has 1 atom stereocenters. The Bertz CT molecular complexity index is 395. The van der Waals surface area contributed by atoms with E-state index in [1.807, 2.05) is 0 Å². The minimum absolute atomic E-state index is 0.0525. The average Bonchev–Trinajstić information content (AvgIpc) is 2.75. The van der Waals surface area contributed by atoms with E-state index in [1.54, 1.807) is 30.4 Å². The van der Waals surface area contributed by atoms with Crippen LogP contribution in [-0.2, 0) is 0 Å². The molecule has 2 N–H and O–H groups in total. The van der Waals surface area contributed by atoms with Gasteiger partial charge in [0.05, 0.1) is 23.6 Å². The molecule has 5 heteroatoms. The summed E-state index contributed by atoms with van der Waals surface area (Å²) in [5.74, 6) is -0.0525. The normalized spacial score (nSPS) is 19.9. The lowest BCUT2D eigenvalue weighted by Gasteiger charge is -2.17. The van der Waals surface area contributed by atoms with Crippen molar-refractivity contribution < 1.29 is 9.90 Å². The van der Waals surface area contributed by atoms with Crippen molar-refractivity contribution in [1.82, 2.24) is 9.88 Å². The van der Waals surface area contributed by atoms with E-state index in [1.165, 1.54) is 0 Å². The van der Waals surface area contributed by atoms with Gasteiger partial charge < -0.3 is 15.3 Å². The first-order chi connectivity index (χ1) is 7.72. The molecule has 1 aromatic heterocycles. The van der Waals surface area contributed by atoms with Crippen LogP contribution in [0.5, 0.6) is 0 Å². The number of rotatable bonds is 2. The highest BCUT2D eigenvalue weighted by molar-refractivity contribution is 5.99. The van der Waals surface area contributed by atoms with Gasteiger partial charge >= 0.3 is 0 Å². The van der Waals surface area contributed by atoms with Crippen molar-refractivity contribution in [2.75, 3.05) is 25.5 Å². The van der Waals surface area contributed by atoms with Crippen LogP contribution in [0, 0.1) is 0 Å². The molecule has 0 spiro atoms. The van der Waals surface area contributed by atoms with Crippen molar-refractivity contribution in [3.8, 4) is 0 Å². The molecular formula is C11H15N3O2. The van der Waals surface area contributed by atoms with E-state index in [0.29, 0.717) is 30.8 Å². The van der Waals surface area contributed by atoms with E-state index in [0.717, 1.165) is 0 Å². The SMILES string of the molecule is CNc1cnccc1C(=O)N1CCC(O)C1. The molecule has 0 saturated carbocycles. The lowest BCUT2D eigenvalue weighted by Crippen LogP contribution is -2.30. The number of likely N-dealkylation sites (tertiary alicyclic amines) is 1. The number of hydrogen-bond acceptors (Lipinski definition) is 4. The molecule has 0 bridgehead atoms. The van der Waals surface area contributed by atoms with Gasteiger partial charge in [-0.15, -0.1) is 0 Å². The van der Waals surface area contributed by atoms with Crippen LogP contribution < -0.4 is 5.32 Å². The summed E-state index contributed by atoms with van der Waals surface area (Å²) in [6, 6.07) is 1.69. The number of hydrogen-bond donors (Lipinski definition) is 2. The summed E-state index contributed by atoms with van der Waals surface area (Å²) in [5, 5.41) is 12.3. The highest BCUT2D eigenvalue weighted by Gasteiger charge is 2.26. The number of aliphatic hydroxyl groups is 1. The Morgan fingerprint density at radius 3 is 3.12 bits per heavy atom. The highest BCUT2D eigenvalue weighted by atomic mass is 16.3. The van der Waals surface area contributed by atoms with E-state index in [9.17, 15) is 9.90 Å². The minimum Gasteiger partial charge on any atom is -0.391 e. The van der Waals surface area contributed by atoms with Crippen molar-refractivity contribution >= 4 is 11.6 Å². The summed E-state index contributed by atoms with van der Waals surface area (Å²) >= 11 is 0. The minimum atomic E-state index is -0.385. The third-order valence-corrected chi connectivity index (χ3v) is 2.77. The molecule has 2 heterocycles. The lowest BCUT2D eigenvalue weighted by molar-refractivity contribution is 0.0766. The van der Waals surface area contributed by atoms with Crippen LogP contribution >= 0.6 is 0 Å². The van der Waals surface area contributed by atoms with Gasteiger partial charge in [-0.2, -0.15) is 0 Å². The van der Waals surface area contributed by atoms with Gasteiger partial charge in [0.25, 0.3) is 5.91 Å². The number of amides is 1. The summed E-state index contributed by atoms with van der Waals surface area (Å²) in [5.41, 5.74) is 1.32. The van der Waals surface area contributed by atoms with Gasteiger partial charge in [-0.25, -0.2) is 0 Å². The molecular weight excluding hydrogens is 206 g/mol. The molecule has 1 fully saturated rings. The molecule has 1 unspecified atom stereocenters. The van der Waals surface area contributed by atoms with Crippen molar-refractivity contribution in [3.63, 3.8) is 0 Å². The molecule has 1 aliphatic heterocycles. The first-order valence-corrected chi connectivity index (χ1v) is 5.31. The third kappa shape index (κ3) is 1.99. The topological polar surface area (TPSA) is 65.5 Å². The molecule has 0 aromatic carbocycles. The number of aliphatic hydroxyl groups excluding tert-OH is 1. The number of nitrogens with one attached hydrogen (secondary N) is 1. The number of carbonyl (C=O) groups is 1. The molecule has 5 nitrogen and oxygen atoms in total. The van der Waals surface area contributed by atoms with Crippen molar-refractivity contribution in [2.24, 2.45) is 0 Å². The number of aromatic nitrogens is 1. The number of nitrogens with zero attached hydrogens (tertiary/aromatic N) is 2. The largest absolute Gasteiger partial charge is 0.391 e. The van der Waals surface area contributed by atoms with Gasteiger partial charge in [-0.3, -0.25) is 9.78 Å². The summed E-state index contributed by atoms with van der Waals surface area (Å²) in [4.78, 5) is 17.7. The fourth-order valence-corrected chi connectivity index (χ4v) is 1.88. The summed E-state index contributed by atoms with van der Waals surface area (Å²) in [6.07, 6.45) is 3.50. The van der Waals surface area contributed by atoms with Crippen molar-refractivity contribution in [2.45, 2.75) is 12.5 Å². The van der Waals surface area contributed by atoms with Gasteiger partial charge in [0.1, 0.15) is 0 Å². The summed E-state index contributed by atoms with van der Waals surface area (Å²) in [7, 11) is 1.76. The Morgan fingerprint density at radius 2 is 2.50 bits per heavy atom. The monoisotopic (exact) mass is 221 g/mol. The zero-order valence-corrected chi connectivity index (χ0v) is 9.18. The van der Waals surface area contributed by atoms with Crippen LogP contribution in [0.3, 0.4) is 0 Å². The summed E-state index contributed by atoms with van der Waals surface area (Å²) in [6.45, 7) is 1.04. The molecule has 1 aromatic rings. The van der Waals surface area contributed by atoms with Crippen LogP contribution in [0.25, 0.3) is 0 Å². The molecule has 2 rings (SSSR count). The van der Waals surface area contributed by atoms with E-state index >= 15 is 0 Å². The quantitative estimate of drug-likeness (QED) is 0.755. The second kappa shape index (κ2) is 4.49. The first-order valence-electron chi connectivity index (χ1n) is 5.31. The van der Waals surface area contributed by atoms with E-state index in [4.69, 9.17) is 0 Å². The lowest BCUT2D eigenvalue weighted by atomic mass is 10.2. The first kappa shape index (κ1) is 10.9. The van der Waals surface area contributed by atoms with Gasteiger partial charge in [0.2, 0.25) is 0 Å². The maximum Gasteiger partial charge on any atom is 0.256 e. The van der Waals surface area contributed by atoms with Crippen molar-refractivity contribution in [3.05, 3.63) is 24.0 Å². The standard InChI is InChI=1S/C11H15N3O2/c1-12-10-6-13-4-2-9(10)11(16)14-5-3-8(15)7-14/h2,4,6,8,12,15H,3,5,7H2,1H3. The molecule has 1 aliphatic rings. The molecule has 1 amide bonds. The predicted octanol–water partition coefficient (Wildman–Crippen LogP) is 0.330. The number of pyridine rings is 1. The number of carbonyl (C=O) groups excluding carboxylic acids is 1. The second-order valence-electron chi connectivity index (χ2n) is 3.86. The number of anilines is 1. The predicted molar refractivity (Wildman–Crippen MR) is 60.3 cm³/mol. The van der Waals surface area contributed by atoms with E-state index in [-0.39, 0.29) is 12.0 Å².